The quantitative estimate of drug-likeness (QED) is 0.0612. The van der Waals surface area contributed by atoms with Crippen LogP contribution in [-0.2, 0) is 39.1 Å². The summed E-state index contributed by atoms with van der Waals surface area (Å²) in [6.45, 7) is 7.92. The van der Waals surface area contributed by atoms with Gasteiger partial charge in [-0.05, 0) is 49.6 Å². The summed E-state index contributed by atoms with van der Waals surface area (Å²) < 4.78 is 5.84. The third kappa shape index (κ3) is 8.55. The van der Waals surface area contributed by atoms with Gasteiger partial charge in [0.2, 0.25) is 23.6 Å². The minimum atomic E-state index is -1.80. The first-order valence-corrected chi connectivity index (χ1v) is 19.2. The molecule has 4 aliphatic heterocycles. The molecule has 7 N–H and O–H groups in total. The Morgan fingerprint density at radius 3 is 2.25 bits per heavy atom. The molecule has 0 saturated carbocycles. The van der Waals surface area contributed by atoms with Gasteiger partial charge >= 0.3 is 5.97 Å². The van der Waals surface area contributed by atoms with Gasteiger partial charge in [-0.25, -0.2) is 4.79 Å². The number of azide groups is 1. The lowest BCUT2D eigenvalue weighted by molar-refractivity contribution is -0.170. The molecule has 4 heterocycles. The summed E-state index contributed by atoms with van der Waals surface area (Å²) in [6, 6.07) is -0.303. The Kier molecular flexibility index (Phi) is 13.1. The molecule has 4 aliphatic rings. The van der Waals surface area contributed by atoms with Gasteiger partial charge in [-0.3, -0.25) is 24.0 Å². The molecular weight excluding hydrogens is 730 g/mol. The minimum Gasteiger partial charge on any atom is -0.450 e. The van der Waals surface area contributed by atoms with Crippen LogP contribution in [0.15, 0.2) is 29.4 Å². The fourth-order valence-corrected chi connectivity index (χ4v) is 7.95. The number of fused-ring (bicyclic) bond motifs is 6. The van der Waals surface area contributed by atoms with Crippen LogP contribution in [0.4, 0.5) is 5.69 Å². The number of anilines is 1. The van der Waals surface area contributed by atoms with Gasteiger partial charge in [0.15, 0.2) is 6.10 Å². The van der Waals surface area contributed by atoms with Crippen molar-refractivity contribution in [2.45, 2.75) is 133 Å². The number of esters is 1. The van der Waals surface area contributed by atoms with Crippen LogP contribution < -0.4 is 21.3 Å². The molecule has 5 rings (SSSR count). The third-order valence-electron chi connectivity index (χ3n) is 11.0. The summed E-state index contributed by atoms with van der Waals surface area (Å²) in [7, 11) is 0. The van der Waals surface area contributed by atoms with Crippen molar-refractivity contribution < 1.29 is 48.8 Å². The van der Waals surface area contributed by atoms with E-state index in [0.717, 1.165) is 4.90 Å². The van der Waals surface area contributed by atoms with Gasteiger partial charge in [0, 0.05) is 42.1 Å². The fraction of sp³-hybridized carbons (Fsp3) is 0.676. The van der Waals surface area contributed by atoms with E-state index < -0.39 is 108 Å². The number of amides is 5. The van der Waals surface area contributed by atoms with Crippen LogP contribution >= 0.6 is 0 Å². The molecule has 56 heavy (non-hydrogen) atoms. The number of unbranched alkanes of at least 4 members (excludes halogenated alkanes) is 1. The highest BCUT2D eigenvalue weighted by Gasteiger charge is 2.61. The van der Waals surface area contributed by atoms with E-state index in [9.17, 15) is 44.1 Å². The van der Waals surface area contributed by atoms with Crippen molar-refractivity contribution in [3.63, 3.8) is 0 Å². The average molecular weight is 784 g/mol. The third-order valence-corrected chi connectivity index (χ3v) is 11.0. The molecule has 1 aromatic carbocycles. The van der Waals surface area contributed by atoms with Gasteiger partial charge in [-0.2, -0.15) is 0 Å². The maximum atomic E-state index is 14.7. The number of aliphatic hydroxyl groups excluding tert-OH is 2. The van der Waals surface area contributed by atoms with Crippen LogP contribution in [0.1, 0.15) is 78.7 Å². The van der Waals surface area contributed by atoms with E-state index in [1.165, 1.54) is 11.8 Å². The highest BCUT2D eigenvalue weighted by molar-refractivity contribution is 5.98. The number of carbonyl (C=O) groups is 6. The summed E-state index contributed by atoms with van der Waals surface area (Å²) in [6.07, 6.45) is -4.93. The summed E-state index contributed by atoms with van der Waals surface area (Å²) in [5.41, 5.74) is 7.81. The van der Waals surface area contributed by atoms with Crippen molar-refractivity contribution in [3.05, 3.63) is 40.3 Å². The van der Waals surface area contributed by atoms with E-state index in [-0.39, 0.29) is 45.2 Å². The maximum absolute atomic E-state index is 14.7. The number of nitrogens with zero attached hydrogens (tertiary/aromatic N) is 5. The van der Waals surface area contributed by atoms with Crippen molar-refractivity contribution in [2.75, 3.05) is 18.4 Å². The number of ether oxygens (including phenoxy) is 1. The summed E-state index contributed by atoms with van der Waals surface area (Å²) in [5.74, 6) is -6.22. The number of cyclic esters (lactones) is 1. The van der Waals surface area contributed by atoms with Crippen LogP contribution in [0.3, 0.4) is 0 Å². The number of nitrogens with one attached hydrogen (secondary N) is 4. The number of aliphatic hydroxyl groups is 3. The Morgan fingerprint density at radius 2 is 1.59 bits per heavy atom. The predicted octanol–water partition coefficient (Wildman–Crippen LogP) is 0.132. The van der Waals surface area contributed by atoms with Crippen LogP contribution in [0.25, 0.3) is 10.4 Å². The van der Waals surface area contributed by atoms with E-state index >= 15 is 0 Å². The molecule has 306 valence electrons. The molecule has 5 amide bonds. The first-order chi connectivity index (χ1) is 26.5. The van der Waals surface area contributed by atoms with Crippen LogP contribution in [0.5, 0.6) is 0 Å². The normalized spacial score (nSPS) is 32.0. The zero-order valence-electron chi connectivity index (χ0n) is 32.3. The maximum Gasteiger partial charge on any atom is 0.329 e. The Hall–Kier alpha value is -4.97. The lowest BCUT2D eigenvalue weighted by Gasteiger charge is -2.40. The van der Waals surface area contributed by atoms with Gasteiger partial charge in [0.1, 0.15) is 42.0 Å². The van der Waals surface area contributed by atoms with Gasteiger partial charge < -0.3 is 51.1 Å². The molecule has 3 fully saturated rings. The number of hydrogen-bond donors (Lipinski definition) is 7. The molecule has 10 atom stereocenters. The second-order valence-corrected chi connectivity index (χ2v) is 15.8. The van der Waals surface area contributed by atoms with Gasteiger partial charge in [-0.15, -0.1) is 0 Å². The number of para-hydroxylation sites is 1. The topological polar surface area (TPSA) is 276 Å². The summed E-state index contributed by atoms with van der Waals surface area (Å²) in [5, 5.41) is 48.3. The zero-order chi connectivity index (χ0) is 41.1. The van der Waals surface area contributed by atoms with Crippen molar-refractivity contribution >= 4 is 41.2 Å². The summed E-state index contributed by atoms with van der Waals surface area (Å²) in [4.78, 5) is 90.3. The Bertz CT molecular complexity index is 1740. The highest BCUT2D eigenvalue weighted by Crippen LogP contribution is 2.49. The number of benzene rings is 1. The number of rotatable bonds is 8. The van der Waals surface area contributed by atoms with Gasteiger partial charge in [-0.1, -0.05) is 57.4 Å². The van der Waals surface area contributed by atoms with Crippen molar-refractivity contribution in [3.8, 4) is 0 Å². The number of hydrogen-bond acceptors (Lipinski definition) is 12. The SMILES string of the molecule is CC(C)[C@@H]1OC(=O)[C@@H](C(C)C)NC(=O)[C@@H]2C[C@@]3(O)c4ccccc4N[C@H]3N2C(=O)[C@@H]([C@H](C)O)NC(=O)[C@H](CCCCN=[N+]=[N-])NC(=O)[C@H]2C[C@@H](O)CCN2C1=O. The molecule has 1 aromatic rings. The van der Waals surface area contributed by atoms with Crippen LogP contribution in [0, 0.1) is 11.8 Å². The Balaban J connectivity index is 1.59. The Morgan fingerprint density at radius 1 is 0.911 bits per heavy atom. The van der Waals surface area contributed by atoms with E-state index in [0.29, 0.717) is 17.7 Å². The van der Waals surface area contributed by atoms with Gasteiger partial charge in [0.25, 0.3) is 5.91 Å². The fourth-order valence-electron chi connectivity index (χ4n) is 7.95. The van der Waals surface area contributed by atoms with E-state index in [4.69, 9.17) is 10.3 Å². The highest BCUT2D eigenvalue weighted by atomic mass is 16.6. The van der Waals surface area contributed by atoms with E-state index in [1.54, 1.807) is 52.0 Å². The van der Waals surface area contributed by atoms with Crippen molar-refractivity contribution in [1.29, 1.82) is 0 Å². The predicted molar refractivity (Wildman–Crippen MR) is 199 cm³/mol. The van der Waals surface area contributed by atoms with Crippen molar-refractivity contribution in [2.24, 2.45) is 17.0 Å². The molecule has 3 saturated heterocycles. The zero-order valence-corrected chi connectivity index (χ0v) is 32.3. The second kappa shape index (κ2) is 17.4. The molecule has 0 unspecified atom stereocenters. The molecule has 0 aliphatic carbocycles. The second-order valence-electron chi connectivity index (χ2n) is 15.8. The van der Waals surface area contributed by atoms with Crippen LogP contribution in [0.2, 0.25) is 0 Å². The van der Waals surface area contributed by atoms with E-state index in [2.05, 4.69) is 31.3 Å². The molecule has 19 heteroatoms. The number of carbonyl (C=O) groups excluding carboxylic acids is 6. The lowest BCUT2D eigenvalue weighted by Crippen LogP contribution is -2.64. The van der Waals surface area contributed by atoms with Crippen LogP contribution in [-0.4, -0.2) is 128 Å². The van der Waals surface area contributed by atoms with Crippen molar-refractivity contribution in [1.82, 2.24) is 25.8 Å². The largest absolute Gasteiger partial charge is 0.450 e. The first-order valence-electron chi connectivity index (χ1n) is 19.2. The monoisotopic (exact) mass is 783 g/mol. The summed E-state index contributed by atoms with van der Waals surface area (Å²) >= 11 is 0. The lowest BCUT2D eigenvalue weighted by atomic mass is 9.91. The molecule has 0 radical (unpaired) electrons. The average Bonchev–Trinajstić information content (AvgIpc) is 3.60. The molecule has 0 spiro atoms. The number of piperidine rings is 1. The van der Waals surface area contributed by atoms with E-state index in [1.807, 2.05) is 0 Å². The molecular formula is C37H53N9O10. The minimum absolute atomic E-state index is 0.0146. The molecule has 0 aromatic heterocycles. The molecule has 0 bridgehead atoms. The van der Waals surface area contributed by atoms with Gasteiger partial charge in [0.05, 0.1) is 12.2 Å². The standard InChI is InChI=1S/C37H53N9O10/c1-18(2)27-35(54)56-29(19(3)4)34(53)45-15-13-21(48)16-25(45)31(50)40-24(12-8-9-14-39-44-38)30(49)43-28(20(5)47)33(52)46-26(32(51)42-27)17-37(55)22-10-6-7-11-23(22)41-36(37)46/h6-7,10-11,18-21,24-29,36,41,47-48,55H,8-9,12-17H2,1-5H3,(H,40,50)(H,42,51)(H,43,49)/t20-,21-,24-,25+,26-,27+,28+,29-,36-,37+/m0/s1. The molecule has 19 nitrogen and oxygen atoms in total. The smallest absolute Gasteiger partial charge is 0.329 e. The Labute approximate surface area is 324 Å². The first kappa shape index (κ1) is 42.2.